The number of anilines is 1. The minimum atomic E-state index is -0.505. The number of nitrogens with one attached hydrogen (secondary N) is 1. The molecule has 0 saturated carbocycles. The number of aromatic nitrogens is 3. The van der Waals surface area contributed by atoms with Crippen LogP contribution in [0.5, 0.6) is 11.5 Å². The van der Waals surface area contributed by atoms with Crippen molar-refractivity contribution >= 4 is 23.7 Å². The highest BCUT2D eigenvalue weighted by Gasteiger charge is 2.36. The molecule has 2 aromatic rings. The summed E-state index contributed by atoms with van der Waals surface area (Å²) < 4.78 is 19.1. The normalized spacial score (nSPS) is 15.2. The Hall–Kier alpha value is -2.68. The first-order chi connectivity index (χ1) is 16.4. The minimum absolute atomic E-state index is 0.241. The molecule has 1 aliphatic heterocycles. The molecule has 34 heavy (non-hydrogen) atoms. The van der Waals surface area contributed by atoms with Crippen LogP contribution in [-0.2, 0) is 9.53 Å². The molecule has 1 aromatic heterocycles. The van der Waals surface area contributed by atoms with Gasteiger partial charge in [-0.05, 0) is 58.2 Å². The van der Waals surface area contributed by atoms with E-state index in [1.54, 1.807) is 16.4 Å². The lowest BCUT2D eigenvalue weighted by Crippen LogP contribution is -2.30. The van der Waals surface area contributed by atoms with Crippen molar-refractivity contribution in [3.05, 3.63) is 35.0 Å². The molecule has 1 unspecified atom stereocenters. The molecule has 0 spiro atoms. The van der Waals surface area contributed by atoms with E-state index in [-0.39, 0.29) is 12.1 Å². The Morgan fingerprint density at radius 1 is 1.18 bits per heavy atom. The van der Waals surface area contributed by atoms with Crippen molar-refractivity contribution < 1.29 is 19.0 Å². The third-order valence-electron chi connectivity index (χ3n) is 5.17. The second-order valence-corrected chi connectivity index (χ2v) is 9.43. The first-order valence-corrected chi connectivity index (χ1v) is 13.1. The van der Waals surface area contributed by atoms with Gasteiger partial charge in [-0.15, -0.1) is 5.10 Å². The van der Waals surface area contributed by atoms with Crippen LogP contribution < -0.4 is 14.8 Å². The van der Waals surface area contributed by atoms with Gasteiger partial charge in [0.05, 0.1) is 24.9 Å². The second kappa shape index (κ2) is 12.1. The summed E-state index contributed by atoms with van der Waals surface area (Å²) in [4.78, 5) is 17.9. The van der Waals surface area contributed by atoms with Crippen molar-refractivity contribution in [1.29, 1.82) is 0 Å². The molecule has 9 heteroatoms. The standard InChI is InChI=1S/C25H36N4O4S/c1-7-10-14-34-25-27-24-26-17(6)21(23(30)33-16(4)5)22(29(24)28-25)18-11-12-19(32-13-8-2)20(15-18)31-9-3/h11-12,15-16,22H,7-10,13-14H2,1-6H3,(H,26,27,28). The van der Waals surface area contributed by atoms with Crippen molar-refractivity contribution in [2.75, 3.05) is 24.3 Å². The maximum Gasteiger partial charge on any atom is 0.338 e. The van der Waals surface area contributed by atoms with Gasteiger partial charge in [-0.1, -0.05) is 38.1 Å². The summed E-state index contributed by atoms with van der Waals surface area (Å²) in [6.07, 6.45) is 2.86. The molecule has 186 valence electrons. The number of thioether (sulfide) groups is 1. The molecule has 0 saturated heterocycles. The van der Waals surface area contributed by atoms with E-state index in [9.17, 15) is 4.79 Å². The SMILES string of the molecule is CCCCSc1nc2n(n1)C(c1ccc(OCCC)c(OCC)c1)C(C(=O)OC(C)C)=C(C)N2. The number of unbranched alkanes of at least 4 members (excludes halogenated alkanes) is 1. The number of hydrogen-bond acceptors (Lipinski definition) is 8. The molecule has 0 amide bonds. The van der Waals surface area contributed by atoms with E-state index < -0.39 is 6.04 Å². The van der Waals surface area contributed by atoms with E-state index >= 15 is 0 Å². The van der Waals surface area contributed by atoms with Gasteiger partial charge in [0.15, 0.2) is 11.5 Å². The summed E-state index contributed by atoms with van der Waals surface area (Å²) >= 11 is 1.62. The fourth-order valence-corrected chi connectivity index (χ4v) is 4.56. The van der Waals surface area contributed by atoms with Crippen LogP contribution in [0.25, 0.3) is 0 Å². The van der Waals surface area contributed by atoms with Gasteiger partial charge in [0, 0.05) is 11.4 Å². The maximum absolute atomic E-state index is 13.2. The van der Waals surface area contributed by atoms with Crippen LogP contribution in [0, 0.1) is 0 Å². The highest BCUT2D eigenvalue weighted by molar-refractivity contribution is 7.99. The van der Waals surface area contributed by atoms with Crippen molar-refractivity contribution in [2.24, 2.45) is 0 Å². The van der Waals surface area contributed by atoms with Crippen LogP contribution in [0.1, 0.15) is 72.4 Å². The molecule has 0 bridgehead atoms. The number of hydrogen-bond donors (Lipinski definition) is 1. The van der Waals surface area contributed by atoms with E-state index in [0.29, 0.717) is 47.1 Å². The molecule has 0 radical (unpaired) electrons. The third-order valence-corrected chi connectivity index (χ3v) is 6.09. The van der Waals surface area contributed by atoms with Gasteiger partial charge >= 0.3 is 5.97 Å². The van der Waals surface area contributed by atoms with Gasteiger partial charge in [0.1, 0.15) is 6.04 Å². The zero-order valence-electron chi connectivity index (χ0n) is 21.0. The molecule has 8 nitrogen and oxygen atoms in total. The lowest BCUT2D eigenvalue weighted by molar-refractivity contribution is -0.143. The Balaban J connectivity index is 2.08. The van der Waals surface area contributed by atoms with Crippen LogP contribution in [0.3, 0.4) is 0 Å². The number of carbonyl (C=O) groups excluding carboxylic acids is 1. The molecule has 3 rings (SSSR count). The second-order valence-electron chi connectivity index (χ2n) is 8.37. The Bertz CT molecular complexity index is 1020. The van der Waals surface area contributed by atoms with E-state index in [1.807, 2.05) is 45.9 Å². The fraction of sp³-hybridized carbons (Fsp3) is 0.560. The van der Waals surface area contributed by atoms with E-state index in [2.05, 4.69) is 24.1 Å². The highest BCUT2D eigenvalue weighted by Crippen LogP contribution is 2.40. The predicted octanol–water partition coefficient (Wildman–Crippen LogP) is 5.60. The number of carbonyl (C=O) groups is 1. The van der Waals surface area contributed by atoms with Gasteiger partial charge in [0.25, 0.3) is 0 Å². The smallest absolute Gasteiger partial charge is 0.338 e. The number of allylic oxidation sites excluding steroid dienone is 1. The molecule has 0 fully saturated rings. The molecule has 1 atom stereocenters. The average Bonchev–Trinajstić information content (AvgIpc) is 3.19. The molecular formula is C25H36N4O4S. The highest BCUT2D eigenvalue weighted by atomic mass is 32.2. The van der Waals surface area contributed by atoms with Crippen LogP contribution in [0.2, 0.25) is 0 Å². The van der Waals surface area contributed by atoms with Crippen molar-refractivity contribution in [3.8, 4) is 11.5 Å². The summed E-state index contributed by atoms with van der Waals surface area (Å²) in [6.45, 7) is 12.8. The lowest BCUT2D eigenvalue weighted by Gasteiger charge is -2.29. The first kappa shape index (κ1) is 25.9. The Labute approximate surface area is 206 Å². The van der Waals surface area contributed by atoms with Gasteiger partial charge in [-0.25, -0.2) is 9.48 Å². The summed E-state index contributed by atoms with van der Waals surface area (Å²) in [7, 11) is 0. The molecule has 1 aliphatic rings. The van der Waals surface area contributed by atoms with Crippen molar-refractivity contribution in [3.63, 3.8) is 0 Å². The Kier molecular flexibility index (Phi) is 9.27. The third kappa shape index (κ3) is 6.05. The number of rotatable bonds is 12. The number of ether oxygens (including phenoxy) is 3. The topological polar surface area (TPSA) is 87.5 Å². The molecule has 0 aliphatic carbocycles. The Morgan fingerprint density at radius 2 is 1.97 bits per heavy atom. The zero-order valence-corrected chi connectivity index (χ0v) is 21.8. The van der Waals surface area contributed by atoms with Gasteiger partial charge in [0.2, 0.25) is 11.1 Å². The van der Waals surface area contributed by atoms with Crippen LogP contribution in [-0.4, -0.2) is 45.8 Å². The van der Waals surface area contributed by atoms with Gasteiger partial charge in [-0.3, -0.25) is 0 Å². The molecular weight excluding hydrogens is 452 g/mol. The van der Waals surface area contributed by atoms with E-state index in [4.69, 9.17) is 19.3 Å². The molecule has 2 heterocycles. The average molecular weight is 489 g/mol. The summed E-state index contributed by atoms with van der Waals surface area (Å²) in [5, 5.41) is 8.70. The fourth-order valence-electron chi connectivity index (χ4n) is 3.64. The maximum atomic E-state index is 13.2. The molecule has 1 aromatic carbocycles. The van der Waals surface area contributed by atoms with Gasteiger partial charge < -0.3 is 19.5 Å². The largest absolute Gasteiger partial charge is 0.490 e. The molecule has 1 N–H and O–H groups in total. The van der Waals surface area contributed by atoms with Gasteiger partial charge in [-0.2, -0.15) is 4.98 Å². The number of nitrogens with zero attached hydrogens (tertiary/aromatic N) is 3. The van der Waals surface area contributed by atoms with Crippen molar-refractivity contribution in [2.45, 2.75) is 78.1 Å². The predicted molar refractivity (Wildman–Crippen MR) is 135 cm³/mol. The summed E-state index contributed by atoms with van der Waals surface area (Å²) in [5.74, 6) is 2.49. The minimum Gasteiger partial charge on any atom is -0.490 e. The number of esters is 1. The summed E-state index contributed by atoms with van der Waals surface area (Å²) in [5.41, 5.74) is 2.05. The number of fused-ring (bicyclic) bond motifs is 1. The van der Waals surface area contributed by atoms with Crippen LogP contribution in [0.4, 0.5) is 5.95 Å². The Morgan fingerprint density at radius 3 is 2.65 bits per heavy atom. The van der Waals surface area contributed by atoms with E-state index in [0.717, 1.165) is 30.6 Å². The quantitative estimate of drug-likeness (QED) is 0.235. The van der Waals surface area contributed by atoms with Crippen LogP contribution in [0.15, 0.2) is 34.6 Å². The van der Waals surface area contributed by atoms with Crippen LogP contribution >= 0.6 is 11.8 Å². The van der Waals surface area contributed by atoms with E-state index in [1.165, 1.54) is 0 Å². The number of benzene rings is 1. The monoisotopic (exact) mass is 488 g/mol. The zero-order chi connectivity index (χ0) is 24.7. The van der Waals surface area contributed by atoms with Crippen molar-refractivity contribution in [1.82, 2.24) is 14.8 Å². The summed E-state index contributed by atoms with van der Waals surface area (Å²) in [6, 6.07) is 5.27. The first-order valence-electron chi connectivity index (χ1n) is 12.1. The lowest BCUT2D eigenvalue weighted by atomic mass is 9.95.